The maximum atomic E-state index is 12.2. The molecule has 1 atom stereocenters. The molecule has 3 aromatic rings. The highest BCUT2D eigenvalue weighted by atomic mass is 16.4. The van der Waals surface area contributed by atoms with Crippen LogP contribution in [0.1, 0.15) is 23.6 Å². The van der Waals surface area contributed by atoms with Gasteiger partial charge in [0.25, 0.3) is 0 Å². The maximum Gasteiger partial charge on any atom is 0.362 e. The van der Waals surface area contributed by atoms with Crippen molar-refractivity contribution in [3.8, 4) is 5.75 Å². The monoisotopic (exact) mass is 335 g/mol. The van der Waals surface area contributed by atoms with E-state index in [0.717, 1.165) is 17.4 Å². The SMILES string of the molecule is Cc1ccc(C2CCN(c3cc4ccc(O)cc4oc3=O)N=N2)cc1. The normalized spacial score (nSPS) is 17.2. The molecule has 25 heavy (non-hydrogen) atoms. The fourth-order valence-electron chi connectivity index (χ4n) is 2.93. The zero-order chi connectivity index (χ0) is 17.4. The Balaban J connectivity index is 1.63. The van der Waals surface area contributed by atoms with Crippen molar-refractivity contribution in [1.82, 2.24) is 0 Å². The molecule has 4 rings (SSSR count). The molecule has 0 amide bonds. The Bertz CT molecular complexity index is 1010. The second-order valence-electron chi connectivity index (χ2n) is 6.18. The van der Waals surface area contributed by atoms with E-state index in [9.17, 15) is 9.90 Å². The molecule has 6 nitrogen and oxygen atoms in total. The number of aryl methyl sites for hydroxylation is 1. The number of fused-ring (bicyclic) bond motifs is 1. The zero-order valence-electron chi connectivity index (χ0n) is 13.7. The van der Waals surface area contributed by atoms with Crippen LogP contribution in [0.5, 0.6) is 5.75 Å². The molecule has 2 aromatic carbocycles. The minimum absolute atomic E-state index is 0.00120. The molecule has 0 saturated heterocycles. The van der Waals surface area contributed by atoms with Gasteiger partial charge in [0.05, 0.1) is 6.04 Å². The molecule has 1 aliphatic heterocycles. The van der Waals surface area contributed by atoms with Crippen LogP contribution in [0.4, 0.5) is 5.69 Å². The summed E-state index contributed by atoms with van der Waals surface area (Å²) in [6, 6.07) is 14.6. The van der Waals surface area contributed by atoms with Crippen LogP contribution >= 0.6 is 0 Å². The molecule has 1 aliphatic rings. The van der Waals surface area contributed by atoms with E-state index >= 15 is 0 Å². The van der Waals surface area contributed by atoms with Crippen LogP contribution in [0.15, 0.2) is 68.1 Å². The largest absolute Gasteiger partial charge is 0.508 e. The lowest BCUT2D eigenvalue weighted by Gasteiger charge is -2.24. The molecule has 0 fully saturated rings. The average Bonchev–Trinajstić information content (AvgIpc) is 2.62. The van der Waals surface area contributed by atoms with Gasteiger partial charge in [-0.15, -0.1) is 0 Å². The third-order valence-electron chi connectivity index (χ3n) is 4.35. The van der Waals surface area contributed by atoms with E-state index in [1.807, 2.05) is 6.92 Å². The van der Waals surface area contributed by atoms with Crippen LogP contribution in [0.2, 0.25) is 0 Å². The van der Waals surface area contributed by atoms with E-state index in [2.05, 4.69) is 34.6 Å². The molecule has 0 radical (unpaired) electrons. The van der Waals surface area contributed by atoms with Crippen LogP contribution in [0, 0.1) is 6.92 Å². The first-order valence-corrected chi connectivity index (χ1v) is 8.12. The number of phenolic OH excluding ortho intramolecular Hbond substituents is 1. The second kappa shape index (κ2) is 6.05. The molecule has 6 heteroatoms. The minimum atomic E-state index is -0.495. The van der Waals surface area contributed by atoms with Crippen LogP contribution in [-0.4, -0.2) is 11.7 Å². The Labute approximate surface area is 144 Å². The van der Waals surface area contributed by atoms with Crippen molar-refractivity contribution < 1.29 is 9.52 Å². The van der Waals surface area contributed by atoms with Crippen molar-refractivity contribution in [1.29, 1.82) is 0 Å². The maximum absolute atomic E-state index is 12.2. The number of aromatic hydroxyl groups is 1. The molecule has 0 bridgehead atoms. The lowest BCUT2D eigenvalue weighted by atomic mass is 10.0. The lowest BCUT2D eigenvalue weighted by molar-refractivity contribution is 0.472. The third kappa shape index (κ3) is 2.98. The highest BCUT2D eigenvalue weighted by molar-refractivity contribution is 5.80. The first-order chi connectivity index (χ1) is 12.1. The summed E-state index contributed by atoms with van der Waals surface area (Å²) in [7, 11) is 0. The summed E-state index contributed by atoms with van der Waals surface area (Å²) in [5.74, 6) is 0.0574. The number of phenols is 1. The van der Waals surface area contributed by atoms with Crippen LogP contribution < -0.4 is 10.6 Å². The molecule has 126 valence electrons. The van der Waals surface area contributed by atoms with Crippen LogP contribution in [0.25, 0.3) is 11.0 Å². The van der Waals surface area contributed by atoms with Crippen LogP contribution in [0.3, 0.4) is 0 Å². The van der Waals surface area contributed by atoms with Crippen molar-refractivity contribution in [2.75, 3.05) is 11.6 Å². The first-order valence-electron chi connectivity index (χ1n) is 8.12. The molecule has 1 N–H and O–H groups in total. The summed E-state index contributed by atoms with van der Waals surface area (Å²) in [6.45, 7) is 2.63. The van der Waals surface area contributed by atoms with Crippen molar-refractivity contribution in [2.45, 2.75) is 19.4 Å². The van der Waals surface area contributed by atoms with Crippen molar-refractivity contribution in [2.24, 2.45) is 10.3 Å². The molecule has 0 aliphatic carbocycles. The number of anilines is 1. The average molecular weight is 335 g/mol. The number of rotatable bonds is 2. The van der Waals surface area contributed by atoms with Gasteiger partial charge in [0, 0.05) is 18.0 Å². The van der Waals surface area contributed by atoms with E-state index in [1.54, 1.807) is 23.2 Å². The highest BCUT2D eigenvalue weighted by Crippen LogP contribution is 2.29. The molecule has 1 aromatic heterocycles. The molecular formula is C19H17N3O3. The minimum Gasteiger partial charge on any atom is -0.508 e. The zero-order valence-corrected chi connectivity index (χ0v) is 13.7. The number of nitrogens with zero attached hydrogens (tertiary/aromatic N) is 3. The topological polar surface area (TPSA) is 78.4 Å². The van der Waals surface area contributed by atoms with Gasteiger partial charge in [-0.3, -0.25) is 0 Å². The quantitative estimate of drug-likeness (QED) is 0.714. The Kier molecular flexibility index (Phi) is 3.72. The summed E-state index contributed by atoms with van der Waals surface area (Å²) in [5, 5.41) is 20.4. The summed E-state index contributed by atoms with van der Waals surface area (Å²) in [4.78, 5) is 12.2. The van der Waals surface area contributed by atoms with E-state index < -0.39 is 5.63 Å². The van der Waals surface area contributed by atoms with Crippen molar-refractivity contribution in [3.05, 3.63) is 70.1 Å². The molecule has 0 spiro atoms. The van der Waals surface area contributed by atoms with Crippen molar-refractivity contribution in [3.63, 3.8) is 0 Å². The fraction of sp³-hybridized carbons (Fsp3) is 0.211. The highest BCUT2D eigenvalue weighted by Gasteiger charge is 2.21. The van der Waals surface area contributed by atoms with Gasteiger partial charge >= 0.3 is 5.63 Å². The van der Waals surface area contributed by atoms with Crippen LogP contribution in [-0.2, 0) is 0 Å². The number of hydrogen-bond acceptors (Lipinski definition) is 6. The van der Waals surface area contributed by atoms with Gasteiger partial charge in [-0.05, 0) is 37.1 Å². The molecule has 0 saturated carbocycles. The predicted octanol–water partition coefficient (Wildman–Crippen LogP) is 4.13. The van der Waals surface area contributed by atoms with E-state index in [0.29, 0.717) is 17.8 Å². The van der Waals surface area contributed by atoms with Gasteiger partial charge in [0.1, 0.15) is 17.0 Å². The lowest BCUT2D eigenvalue weighted by Crippen LogP contribution is -2.27. The van der Waals surface area contributed by atoms with Gasteiger partial charge in [0.15, 0.2) is 0 Å². The molecule has 2 heterocycles. The summed E-state index contributed by atoms with van der Waals surface area (Å²) in [5.41, 5.74) is 2.53. The molecule has 1 unspecified atom stereocenters. The number of hydrogen-bond donors (Lipinski definition) is 1. The van der Waals surface area contributed by atoms with Gasteiger partial charge in [0.2, 0.25) is 0 Å². The van der Waals surface area contributed by atoms with Gasteiger partial charge in [-0.25, -0.2) is 9.80 Å². The summed E-state index contributed by atoms with van der Waals surface area (Å²) in [6.07, 6.45) is 0.764. The van der Waals surface area contributed by atoms with Gasteiger partial charge in [-0.2, -0.15) is 5.11 Å². The fourth-order valence-corrected chi connectivity index (χ4v) is 2.93. The summed E-state index contributed by atoms with van der Waals surface area (Å²) >= 11 is 0. The van der Waals surface area contributed by atoms with E-state index in [-0.39, 0.29) is 11.8 Å². The Morgan fingerprint density at radius 1 is 1.16 bits per heavy atom. The molecular weight excluding hydrogens is 318 g/mol. The number of benzene rings is 2. The van der Waals surface area contributed by atoms with Crippen molar-refractivity contribution >= 4 is 16.7 Å². The Morgan fingerprint density at radius 3 is 2.68 bits per heavy atom. The summed E-state index contributed by atoms with van der Waals surface area (Å²) < 4.78 is 5.29. The smallest absolute Gasteiger partial charge is 0.362 e. The Hall–Kier alpha value is -3.15. The van der Waals surface area contributed by atoms with E-state index in [1.165, 1.54) is 11.6 Å². The van der Waals surface area contributed by atoms with E-state index in [4.69, 9.17) is 4.42 Å². The third-order valence-corrected chi connectivity index (χ3v) is 4.35. The predicted molar refractivity (Wildman–Crippen MR) is 94.9 cm³/mol. The van der Waals surface area contributed by atoms with Gasteiger partial charge < -0.3 is 9.52 Å². The Morgan fingerprint density at radius 2 is 1.96 bits per heavy atom. The second-order valence-corrected chi connectivity index (χ2v) is 6.18. The van der Waals surface area contributed by atoms with Gasteiger partial charge in [-0.1, -0.05) is 35.1 Å². The first kappa shape index (κ1) is 15.4. The standard InChI is InChI=1S/C19H17N3O3/c1-12-2-4-13(5-3-12)16-8-9-22(21-20-16)17-10-14-6-7-15(23)11-18(14)25-19(17)24/h2-7,10-11,16,23H,8-9H2,1H3.